The van der Waals surface area contributed by atoms with Crippen LogP contribution >= 0.6 is 15.9 Å². The number of carbonyl (C=O) groups excluding carboxylic acids is 2. The van der Waals surface area contributed by atoms with Crippen molar-refractivity contribution in [3.05, 3.63) is 82.8 Å². The maximum absolute atomic E-state index is 12.8. The normalized spacial score (nSPS) is 15.1. The van der Waals surface area contributed by atoms with Crippen LogP contribution < -0.4 is 19.7 Å². The van der Waals surface area contributed by atoms with E-state index in [-0.39, 0.29) is 11.8 Å². The van der Waals surface area contributed by atoms with Gasteiger partial charge in [0.25, 0.3) is 11.8 Å². The molecule has 3 aromatic carbocycles. The van der Waals surface area contributed by atoms with Gasteiger partial charge in [-0.2, -0.15) is 0 Å². The average molecular weight is 481 g/mol. The van der Waals surface area contributed by atoms with E-state index in [4.69, 9.17) is 9.47 Å². The summed E-state index contributed by atoms with van der Waals surface area (Å²) < 4.78 is 12.2. The van der Waals surface area contributed by atoms with E-state index in [1.54, 1.807) is 42.2 Å². The summed E-state index contributed by atoms with van der Waals surface area (Å²) in [5.41, 5.74) is 1.69. The van der Waals surface area contributed by atoms with Crippen molar-refractivity contribution in [1.29, 1.82) is 0 Å². The molecule has 1 N–H and O–H groups in total. The largest absolute Gasteiger partial charge is 0.492 e. The topological polar surface area (TPSA) is 67.9 Å². The highest BCUT2D eigenvalue weighted by Crippen LogP contribution is 2.36. The first kappa shape index (κ1) is 20.9. The second-order valence-electron chi connectivity index (χ2n) is 7.03. The average Bonchev–Trinajstić information content (AvgIpc) is 2.78. The number of carbonyl (C=O) groups is 2. The number of halogens is 1. The van der Waals surface area contributed by atoms with Crippen molar-refractivity contribution in [2.45, 2.75) is 13.0 Å². The molecule has 0 saturated carbocycles. The molecule has 6 nitrogen and oxygen atoms in total. The fraction of sp³-hybridized carbons (Fsp3) is 0.167. The Morgan fingerprint density at radius 2 is 1.84 bits per heavy atom. The lowest BCUT2D eigenvalue weighted by Crippen LogP contribution is -2.46. The highest BCUT2D eigenvalue weighted by atomic mass is 79.9. The van der Waals surface area contributed by atoms with Gasteiger partial charge < -0.3 is 19.7 Å². The van der Waals surface area contributed by atoms with Crippen LogP contribution in [0.2, 0.25) is 0 Å². The lowest BCUT2D eigenvalue weighted by atomic mass is 10.1. The number of para-hydroxylation sites is 1. The molecule has 0 fully saturated rings. The molecule has 1 aliphatic rings. The molecule has 4 rings (SSSR count). The summed E-state index contributed by atoms with van der Waals surface area (Å²) in [6.45, 7) is 2.41. The van der Waals surface area contributed by atoms with Gasteiger partial charge in [-0.25, -0.2) is 0 Å². The van der Waals surface area contributed by atoms with Crippen molar-refractivity contribution in [1.82, 2.24) is 0 Å². The SMILES string of the molecule is CC1Oc2ccc(NC(=O)c3ccccc3Br)cc2N(CCOc2ccccc2)C1=O. The van der Waals surface area contributed by atoms with Crippen LogP contribution in [0.5, 0.6) is 11.5 Å². The molecule has 2 amide bonds. The monoisotopic (exact) mass is 480 g/mol. The van der Waals surface area contributed by atoms with Gasteiger partial charge in [0.1, 0.15) is 18.1 Å². The first-order chi connectivity index (χ1) is 15.0. The summed E-state index contributed by atoms with van der Waals surface area (Å²) in [4.78, 5) is 27.1. The number of hydrogen-bond donors (Lipinski definition) is 1. The summed E-state index contributed by atoms with van der Waals surface area (Å²) >= 11 is 3.39. The third-order valence-corrected chi connectivity index (χ3v) is 5.56. The van der Waals surface area contributed by atoms with Crippen LogP contribution in [0.15, 0.2) is 77.3 Å². The smallest absolute Gasteiger partial charge is 0.267 e. The molecule has 1 atom stereocenters. The Kier molecular flexibility index (Phi) is 6.23. The van der Waals surface area contributed by atoms with Crippen LogP contribution in [-0.4, -0.2) is 31.1 Å². The van der Waals surface area contributed by atoms with Gasteiger partial charge in [0.15, 0.2) is 6.10 Å². The zero-order valence-corrected chi connectivity index (χ0v) is 18.5. The van der Waals surface area contributed by atoms with Crippen molar-refractivity contribution in [3.8, 4) is 11.5 Å². The van der Waals surface area contributed by atoms with Crippen LogP contribution in [0, 0.1) is 0 Å². The van der Waals surface area contributed by atoms with E-state index >= 15 is 0 Å². The number of ether oxygens (including phenoxy) is 2. The van der Waals surface area contributed by atoms with E-state index in [0.29, 0.717) is 40.3 Å². The predicted octanol–water partition coefficient (Wildman–Crippen LogP) is 4.89. The predicted molar refractivity (Wildman–Crippen MR) is 123 cm³/mol. The zero-order chi connectivity index (χ0) is 21.8. The number of anilines is 2. The number of amides is 2. The van der Waals surface area contributed by atoms with E-state index in [1.165, 1.54) is 0 Å². The molecule has 0 spiro atoms. The molecule has 0 aromatic heterocycles. The van der Waals surface area contributed by atoms with Crippen LogP contribution in [-0.2, 0) is 4.79 Å². The third-order valence-electron chi connectivity index (χ3n) is 4.87. The number of fused-ring (bicyclic) bond motifs is 1. The Morgan fingerprint density at radius 1 is 1.10 bits per heavy atom. The number of nitrogens with one attached hydrogen (secondary N) is 1. The molecular formula is C24H21BrN2O4. The highest BCUT2D eigenvalue weighted by Gasteiger charge is 2.31. The molecule has 1 heterocycles. The minimum Gasteiger partial charge on any atom is -0.492 e. The molecule has 0 aliphatic carbocycles. The van der Waals surface area contributed by atoms with Crippen molar-refractivity contribution in [3.63, 3.8) is 0 Å². The fourth-order valence-corrected chi connectivity index (χ4v) is 3.80. The lowest BCUT2D eigenvalue weighted by Gasteiger charge is -2.33. The number of benzene rings is 3. The van der Waals surface area contributed by atoms with Crippen molar-refractivity contribution in [2.75, 3.05) is 23.4 Å². The Hall–Kier alpha value is -3.32. The fourth-order valence-electron chi connectivity index (χ4n) is 3.33. The molecule has 7 heteroatoms. The van der Waals surface area contributed by atoms with Crippen LogP contribution in [0.3, 0.4) is 0 Å². The minimum atomic E-state index is -0.593. The minimum absolute atomic E-state index is 0.154. The number of hydrogen-bond acceptors (Lipinski definition) is 4. The van der Waals surface area contributed by atoms with Gasteiger partial charge in [0.2, 0.25) is 0 Å². The van der Waals surface area contributed by atoms with Gasteiger partial charge in [-0.05, 0) is 65.3 Å². The summed E-state index contributed by atoms with van der Waals surface area (Å²) in [6, 6.07) is 21.9. The van der Waals surface area contributed by atoms with Gasteiger partial charge in [-0.3, -0.25) is 9.59 Å². The van der Waals surface area contributed by atoms with Gasteiger partial charge in [0, 0.05) is 10.2 Å². The van der Waals surface area contributed by atoms with Crippen molar-refractivity contribution < 1.29 is 19.1 Å². The van der Waals surface area contributed by atoms with Crippen LogP contribution in [0.25, 0.3) is 0 Å². The molecule has 1 unspecified atom stereocenters. The standard InChI is InChI=1S/C24H21BrN2O4/c1-16-24(29)27(13-14-30-18-7-3-2-4-8-18)21-15-17(11-12-22(21)31-16)26-23(28)19-9-5-6-10-20(19)25/h2-12,15-16H,13-14H2,1H3,(H,26,28). The summed E-state index contributed by atoms with van der Waals surface area (Å²) in [7, 11) is 0. The van der Waals surface area contributed by atoms with E-state index in [2.05, 4.69) is 21.2 Å². The first-order valence-electron chi connectivity index (χ1n) is 9.89. The maximum atomic E-state index is 12.8. The van der Waals surface area contributed by atoms with Gasteiger partial charge in [-0.15, -0.1) is 0 Å². The molecule has 31 heavy (non-hydrogen) atoms. The third kappa shape index (κ3) is 4.72. The van der Waals surface area contributed by atoms with E-state index < -0.39 is 6.10 Å². The van der Waals surface area contributed by atoms with Crippen LogP contribution in [0.1, 0.15) is 17.3 Å². The molecule has 3 aromatic rings. The van der Waals surface area contributed by atoms with Gasteiger partial charge in [0.05, 0.1) is 17.8 Å². The van der Waals surface area contributed by atoms with Crippen molar-refractivity contribution in [2.24, 2.45) is 0 Å². The second kappa shape index (κ2) is 9.22. The maximum Gasteiger partial charge on any atom is 0.267 e. The quantitative estimate of drug-likeness (QED) is 0.544. The van der Waals surface area contributed by atoms with Gasteiger partial charge in [-0.1, -0.05) is 30.3 Å². The van der Waals surface area contributed by atoms with E-state index in [1.807, 2.05) is 42.5 Å². The van der Waals surface area contributed by atoms with Gasteiger partial charge >= 0.3 is 0 Å². The van der Waals surface area contributed by atoms with E-state index in [0.717, 1.165) is 5.75 Å². The van der Waals surface area contributed by atoms with Crippen LogP contribution in [0.4, 0.5) is 11.4 Å². The molecule has 0 saturated heterocycles. The zero-order valence-electron chi connectivity index (χ0n) is 16.9. The Balaban J connectivity index is 1.53. The Bertz CT molecular complexity index is 1100. The lowest BCUT2D eigenvalue weighted by molar-refractivity contribution is -0.125. The first-order valence-corrected chi connectivity index (χ1v) is 10.7. The molecule has 1 aliphatic heterocycles. The second-order valence-corrected chi connectivity index (χ2v) is 7.88. The Morgan fingerprint density at radius 3 is 2.61 bits per heavy atom. The highest BCUT2D eigenvalue weighted by molar-refractivity contribution is 9.10. The van der Waals surface area contributed by atoms with Crippen molar-refractivity contribution >= 4 is 39.1 Å². The number of nitrogens with zero attached hydrogens (tertiary/aromatic N) is 1. The molecule has 158 valence electrons. The summed E-state index contributed by atoms with van der Waals surface area (Å²) in [5, 5.41) is 2.88. The van der Waals surface area contributed by atoms with E-state index in [9.17, 15) is 9.59 Å². The molecule has 0 radical (unpaired) electrons. The summed E-state index contributed by atoms with van der Waals surface area (Å²) in [6.07, 6.45) is -0.593. The molecular weight excluding hydrogens is 460 g/mol. The Labute approximate surface area is 188 Å². The summed E-state index contributed by atoms with van der Waals surface area (Å²) in [5.74, 6) is 0.929. The molecule has 0 bridgehead atoms. The number of rotatable bonds is 6.